The summed E-state index contributed by atoms with van der Waals surface area (Å²) < 4.78 is 7.04. The van der Waals surface area contributed by atoms with Crippen LogP contribution < -0.4 is 15.0 Å². The van der Waals surface area contributed by atoms with E-state index in [4.69, 9.17) is 9.72 Å². The molecule has 10 heteroatoms. The van der Waals surface area contributed by atoms with Gasteiger partial charge in [-0.25, -0.2) is 9.97 Å². The van der Waals surface area contributed by atoms with Gasteiger partial charge in [-0.15, -0.1) is 0 Å². The standard InChI is InChI=1S/C20H19BrN8O/c1-2-12-16(21)15-18(26-12)27-20(28-19(15)29-8-10-6-24-14(10)9-29)30-11-5-13-17(25-7-11)23-4-3-22-13/h3-5,7,10,14,24H,2,6,8-9H2,1H3,(H,26,27,28). The van der Waals surface area contributed by atoms with Crippen LogP contribution >= 0.6 is 15.9 Å². The van der Waals surface area contributed by atoms with Gasteiger partial charge in [0.1, 0.15) is 17.0 Å². The number of anilines is 1. The fourth-order valence-corrected chi connectivity index (χ4v) is 4.96. The molecule has 2 atom stereocenters. The number of rotatable bonds is 4. The molecule has 0 saturated carbocycles. The fourth-order valence-electron chi connectivity index (χ4n) is 4.21. The number of ether oxygens (including phenoxy) is 1. The van der Waals surface area contributed by atoms with Gasteiger partial charge in [-0.2, -0.15) is 9.97 Å². The number of H-pyrrole nitrogens is 1. The highest BCUT2D eigenvalue weighted by Crippen LogP contribution is 2.38. The molecule has 0 amide bonds. The molecule has 4 aromatic rings. The Morgan fingerprint density at radius 3 is 2.87 bits per heavy atom. The maximum Gasteiger partial charge on any atom is 0.326 e. The molecule has 2 N–H and O–H groups in total. The zero-order chi connectivity index (χ0) is 20.2. The van der Waals surface area contributed by atoms with Crippen LogP contribution in [0.2, 0.25) is 0 Å². The van der Waals surface area contributed by atoms with Crippen molar-refractivity contribution in [2.45, 2.75) is 19.4 Å². The maximum absolute atomic E-state index is 6.02. The summed E-state index contributed by atoms with van der Waals surface area (Å²) in [5, 5.41) is 4.50. The Bertz CT molecular complexity index is 1260. The van der Waals surface area contributed by atoms with E-state index in [0.717, 1.165) is 53.1 Å². The maximum atomic E-state index is 6.02. The molecule has 0 radical (unpaired) electrons. The van der Waals surface area contributed by atoms with Gasteiger partial charge >= 0.3 is 6.01 Å². The Morgan fingerprint density at radius 1 is 1.20 bits per heavy atom. The molecular weight excluding hydrogens is 448 g/mol. The van der Waals surface area contributed by atoms with E-state index in [1.165, 1.54) is 0 Å². The summed E-state index contributed by atoms with van der Waals surface area (Å²) in [6.07, 6.45) is 5.73. The second-order valence-electron chi connectivity index (χ2n) is 7.68. The van der Waals surface area contributed by atoms with Crippen molar-refractivity contribution in [2.75, 3.05) is 24.5 Å². The number of nitrogens with zero attached hydrogens (tertiary/aromatic N) is 6. The number of hydrogen-bond acceptors (Lipinski definition) is 8. The Morgan fingerprint density at radius 2 is 2.10 bits per heavy atom. The van der Waals surface area contributed by atoms with E-state index >= 15 is 0 Å². The third kappa shape index (κ3) is 2.82. The van der Waals surface area contributed by atoms with Crippen molar-refractivity contribution in [1.29, 1.82) is 0 Å². The summed E-state index contributed by atoms with van der Waals surface area (Å²) in [5.74, 6) is 2.09. The number of halogens is 1. The second kappa shape index (κ2) is 6.85. The van der Waals surface area contributed by atoms with Gasteiger partial charge in [0.25, 0.3) is 0 Å². The van der Waals surface area contributed by atoms with E-state index in [0.29, 0.717) is 28.9 Å². The first-order valence-electron chi connectivity index (χ1n) is 10.0. The molecular formula is C20H19BrN8O. The Balaban J connectivity index is 1.43. The van der Waals surface area contributed by atoms with Crippen LogP contribution in [-0.2, 0) is 6.42 Å². The van der Waals surface area contributed by atoms with Crippen molar-refractivity contribution in [3.8, 4) is 11.8 Å². The van der Waals surface area contributed by atoms with E-state index in [1.54, 1.807) is 24.7 Å². The van der Waals surface area contributed by atoms with E-state index in [9.17, 15) is 0 Å². The van der Waals surface area contributed by atoms with Crippen molar-refractivity contribution >= 4 is 43.9 Å². The van der Waals surface area contributed by atoms with Crippen LogP contribution in [0.25, 0.3) is 22.2 Å². The zero-order valence-electron chi connectivity index (χ0n) is 16.3. The largest absolute Gasteiger partial charge is 0.422 e. The van der Waals surface area contributed by atoms with Crippen molar-refractivity contribution in [3.63, 3.8) is 0 Å². The number of fused-ring (bicyclic) bond motifs is 3. The number of nitrogens with one attached hydrogen (secondary N) is 2. The van der Waals surface area contributed by atoms with Crippen LogP contribution in [0, 0.1) is 5.92 Å². The van der Waals surface area contributed by atoms with Crippen LogP contribution in [0.1, 0.15) is 12.6 Å². The lowest BCUT2D eigenvalue weighted by molar-refractivity contribution is 0.297. The quantitative estimate of drug-likeness (QED) is 0.472. The predicted octanol–water partition coefficient (Wildman–Crippen LogP) is 2.82. The number of pyridine rings is 1. The number of aryl methyl sites for hydroxylation is 1. The third-order valence-electron chi connectivity index (χ3n) is 5.87. The highest BCUT2D eigenvalue weighted by molar-refractivity contribution is 9.10. The second-order valence-corrected chi connectivity index (χ2v) is 8.47. The monoisotopic (exact) mass is 466 g/mol. The minimum Gasteiger partial charge on any atom is -0.422 e. The van der Waals surface area contributed by atoms with Crippen LogP contribution in [0.15, 0.2) is 29.1 Å². The Labute approximate surface area is 180 Å². The van der Waals surface area contributed by atoms with E-state index in [2.05, 4.69) is 58.0 Å². The normalized spacial score (nSPS) is 20.5. The molecule has 2 aliphatic heterocycles. The van der Waals surface area contributed by atoms with Gasteiger partial charge in [-0.3, -0.25) is 4.98 Å². The van der Waals surface area contributed by atoms with Crippen LogP contribution in [0.3, 0.4) is 0 Å². The van der Waals surface area contributed by atoms with Crippen LogP contribution in [0.5, 0.6) is 11.8 Å². The van der Waals surface area contributed by atoms with E-state index in [1.807, 2.05) is 0 Å². The first kappa shape index (κ1) is 18.0. The lowest BCUT2D eigenvalue weighted by Gasteiger charge is -2.29. The topological polar surface area (TPSA) is 105 Å². The van der Waals surface area contributed by atoms with Crippen molar-refractivity contribution in [1.82, 2.24) is 35.2 Å². The van der Waals surface area contributed by atoms with Gasteiger partial charge < -0.3 is 19.9 Å². The fraction of sp³-hybridized carbons (Fsp3) is 0.350. The van der Waals surface area contributed by atoms with Gasteiger partial charge in [-0.1, -0.05) is 6.92 Å². The molecule has 2 fully saturated rings. The van der Waals surface area contributed by atoms with Gasteiger partial charge in [0.15, 0.2) is 11.4 Å². The minimum absolute atomic E-state index is 0.283. The lowest BCUT2D eigenvalue weighted by Crippen LogP contribution is -2.51. The molecule has 152 valence electrons. The minimum atomic E-state index is 0.283. The van der Waals surface area contributed by atoms with Gasteiger partial charge in [0, 0.05) is 55.7 Å². The zero-order valence-corrected chi connectivity index (χ0v) is 17.8. The summed E-state index contributed by atoms with van der Waals surface area (Å²) >= 11 is 3.75. The smallest absolute Gasteiger partial charge is 0.326 e. The van der Waals surface area contributed by atoms with Gasteiger partial charge in [0.05, 0.1) is 16.1 Å². The van der Waals surface area contributed by atoms with Gasteiger partial charge in [-0.05, 0) is 22.4 Å². The average molecular weight is 467 g/mol. The molecule has 6 heterocycles. The van der Waals surface area contributed by atoms with Crippen LogP contribution in [-0.4, -0.2) is 55.6 Å². The predicted molar refractivity (Wildman–Crippen MR) is 116 cm³/mol. The molecule has 2 unspecified atom stereocenters. The summed E-state index contributed by atoms with van der Waals surface area (Å²) in [6, 6.07) is 2.61. The Hall–Kier alpha value is -2.85. The number of aromatic amines is 1. The first-order chi connectivity index (χ1) is 14.7. The molecule has 4 aromatic heterocycles. The number of hydrogen-bond donors (Lipinski definition) is 2. The summed E-state index contributed by atoms with van der Waals surface area (Å²) in [6.45, 7) is 5.09. The summed E-state index contributed by atoms with van der Waals surface area (Å²) in [7, 11) is 0. The molecule has 0 aliphatic carbocycles. The summed E-state index contributed by atoms with van der Waals surface area (Å²) in [4.78, 5) is 28.0. The molecule has 0 aromatic carbocycles. The SMILES string of the molecule is CCc1[nH]c2nc(Oc3cnc4nccnc4c3)nc(N3CC4CNC4C3)c2c1Br. The molecule has 30 heavy (non-hydrogen) atoms. The molecule has 6 rings (SSSR count). The highest BCUT2D eigenvalue weighted by Gasteiger charge is 2.40. The van der Waals surface area contributed by atoms with Crippen molar-refractivity contribution in [2.24, 2.45) is 5.92 Å². The molecule has 9 nitrogen and oxygen atoms in total. The molecule has 0 bridgehead atoms. The van der Waals surface area contributed by atoms with Crippen LogP contribution in [0.4, 0.5) is 5.82 Å². The van der Waals surface area contributed by atoms with E-state index in [-0.39, 0.29) is 6.01 Å². The summed E-state index contributed by atoms with van der Waals surface area (Å²) in [5.41, 5.74) is 3.09. The van der Waals surface area contributed by atoms with Crippen molar-refractivity contribution < 1.29 is 4.74 Å². The highest BCUT2D eigenvalue weighted by atomic mass is 79.9. The first-order valence-corrected chi connectivity index (χ1v) is 10.8. The Kier molecular flexibility index (Phi) is 4.10. The molecule has 2 aliphatic rings. The van der Waals surface area contributed by atoms with Gasteiger partial charge in [0.2, 0.25) is 0 Å². The van der Waals surface area contributed by atoms with E-state index < -0.39 is 0 Å². The molecule has 0 spiro atoms. The third-order valence-corrected chi connectivity index (χ3v) is 6.74. The van der Waals surface area contributed by atoms with Crippen molar-refractivity contribution in [3.05, 3.63) is 34.8 Å². The lowest BCUT2D eigenvalue weighted by atomic mass is 9.96. The number of aromatic nitrogens is 6. The molecule has 2 saturated heterocycles. The average Bonchev–Trinajstić information content (AvgIpc) is 3.23.